The molecular weight excluding hydrogens is 292 g/mol. The van der Waals surface area contributed by atoms with E-state index in [2.05, 4.69) is 5.32 Å². The Morgan fingerprint density at radius 3 is 2.71 bits per heavy atom. The number of benzene rings is 1. The molecule has 1 N–H and O–H groups in total. The predicted octanol–water partition coefficient (Wildman–Crippen LogP) is 2.60. The number of hydrogen-bond acceptors (Lipinski definition) is 3. The van der Waals surface area contributed by atoms with Crippen LogP contribution < -0.4 is 10.2 Å². The Labute approximate surface area is 127 Å². The van der Waals surface area contributed by atoms with Gasteiger partial charge in [0.2, 0.25) is 11.8 Å². The van der Waals surface area contributed by atoms with Crippen molar-refractivity contribution in [3.8, 4) is 0 Å². The highest BCUT2D eigenvalue weighted by Crippen LogP contribution is 2.19. The molecule has 2 rings (SSSR count). The zero-order chi connectivity index (χ0) is 15.2. The molecule has 6 heteroatoms. The second-order valence-corrected chi connectivity index (χ2v) is 4.88. The monoisotopic (exact) mass is 306 g/mol. The Morgan fingerprint density at radius 1 is 1.29 bits per heavy atom. The van der Waals surface area contributed by atoms with E-state index in [0.29, 0.717) is 16.5 Å². The molecule has 0 spiro atoms. The van der Waals surface area contributed by atoms with Gasteiger partial charge in [0.1, 0.15) is 12.3 Å². The fourth-order valence-electron chi connectivity index (χ4n) is 1.83. The fraction of sp³-hybridized carbons (Fsp3) is 0.200. The lowest BCUT2D eigenvalue weighted by Gasteiger charge is -2.20. The molecule has 5 nitrogen and oxygen atoms in total. The number of nitrogens with one attached hydrogen (secondary N) is 1. The van der Waals surface area contributed by atoms with Crippen molar-refractivity contribution in [1.82, 2.24) is 5.32 Å². The third kappa shape index (κ3) is 4.36. The van der Waals surface area contributed by atoms with Crippen molar-refractivity contribution in [1.29, 1.82) is 0 Å². The van der Waals surface area contributed by atoms with Crippen molar-refractivity contribution in [2.24, 2.45) is 0 Å². The van der Waals surface area contributed by atoms with Crippen molar-refractivity contribution < 1.29 is 14.0 Å². The van der Waals surface area contributed by atoms with Crippen LogP contribution in [0.25, 0.3) is 0 Å². The van der Waals surface area contributed by atoms with Crippen molar-refractivity contribution in [3.05, 3.63) is 53.4 Å². The molecule has 2 amide bonds. The second-order valence-electron chi connectivity index (χ2n) is 4.44. The van der Waals surface area contributed by atoms with Gasteiger partial charge in [-0.05, 0) is 30.3 Å². The summed E-state index contributed by atoms with van der Waals surface area (Å²) in [4.78, 5) is 25.0. The van der Waals surface area contributed by atoms with Gasteiger partial charge in [-0.25, -0.2) is 0 Å². The van der Waals surface area contributed by atoms with E-state index in [1.807, 2.05) is 0 Å². The molecule has 1 heterocycles. The van der Waals surface area contributed by atoms with Gasteiger partial charge in [0.25, 0.3) is 0 Å². The van der Waals surface area contributed by atoms with Crippen LogP contribution in [0.5, 0.6) is 0 Å². The highest BCUT2D eigenvalue weighted by molar-refractivity contribution is 6.30. The number of carbonyl (C=O) groups is 2. The summed E-state index contributed by atoms with van der Waals surface area (Å²) in [6.07, 6.45) is 1.54. The summed E-state index contributed by atoms with van der Waals surface area (Å²) in [5, 5.41) is 3.20. The van der Waals surface area contributed by atoms with Crippen molar-refractivity contribution >= 4 is 29.1 Å². The van der Waals surface area contributed by atoms with Crippen LogP contribution in [0.15, 0.2) is 47.1 Å². The molecule has 1 aromatic heterocycles. The van der Waals surface area contributed by atoms with Gasteiger partial charge in [-0.15, -0.1) is 0 Å². The quantitative estimate of drug-likeness (QED) is 0.923. The number of amides is 2. The third-order valence-corrected chi connectivity index (χ3v) is 3.08. The Morgan fingerprint density at radius 2 is 2.10 bits per heavy atom. The Balaban J connectivity index is 1.99. The first-order valence-corrected chi connectivity index (χ1v) is 6.77. The summed E-state index contributed by atoms with van der Waals surface area (Å²) in [6.45, 7) is 1.62. The van der Waals surface area contributed by atoms with Gasteiger partial charge in [0.05, 0.1) is 12.8 Å². The van der Waals surface area contributed by atoms with Gasteiger partial charge in [0, 0.05) is 17.6 Å². The van der Waals surface area contributed by atoms with E-state index < -0.39 is 0 Å². The minimum atomic E-state index is -0.276. The first kappa shape index (κ1) is 15.1. The Hall–Kier alpha value is -2.27. The molecule has 0 aliphatic rings. The summed E-state index contributed by atoms with van der Waals surface area (Å²) < 4.78 is 5.12. The van der Waals surface area contributed by atoms with E-state index in [1.54, 1.807) is 36.4 Å². The Bertz CT molecular complexity index is 626. The standard InChI is InChI=1S/C15H15ClN2O3/c1-11(19)18(13-5-2-4-12(16)8-13)10-15(20)17-9-14-6-3-7-21-14/h2-8H,9-10H2,1H3,(H,17,20). The van der Waals surface area contributed by atoms with Crippen LogP contribution in [0, 0.1) is 0 Å². The first-order chi connectivity index (χ1) is 10.1. The van der Waals surface area contributed by atoms with E-state index in [9.17, 15) is 9.59 Å². The molecule has 0 saturated carbocycles. The smallest absolute Gasteiger partial charge is 0.240 e. The largest absolute Gasteiger partial charge is 0.467 e. The maximum Gasteiger partial charge on any atom is 0.240 e. The number of anilines is 1. The highest BCUT2D eigenvalue weighted by Gasteiger charge is 2.16. The molecule has 21 heavy (non-hydrogen) atoms. The van der Waals surface area contributed by atoms with Gasteiger partial charge < -0.3 is 14.6 Å². The van der Waals surface area contributed by atoms with Gasteiger partial charge in [0.15, 0.2) is 0 Å². The minimum Gasteiger partial charge on any atom is -0.467 e. The predicted molar refractivity (Wildman–Crippen MR) is 80.0 cm³/mol. The maximum absolute atomic E-state index is 11.9. The van der Waals surface area contributed by atoms with Crippen LogP contribution in [-0.2, 0) is 16.1 Å². The van der Waals surface area contributed by atoms with Crippen LogP contribution in [0.1, 0.15) is 12.7 Å². The van der Waals surface area contributed by atoms with Crippen LogP contribution in [-0.4, -0.2) is 18.4 Å². The average molecular weight is 307 g/mol. The zero-order valence-electron chi connectivity index (χ0n) is 11.5. The van der Waals surface area contributed by atoms with Crippen molar-refractivity contribution in [2.75, 3.05) is 11.4 Å². The van der Waals surface area contributed by atoms with E-state index in [0.717, 1.165) is 0 Å². The SMILES string of the molecule is CC(=O)N(CC(=O)NCc1ccco1)c1cccc(Cl)c1. The van der Waals surface area contributed by atoms with Crippen LogP contribution in [0.4, 0.5) is 5.69 Å². The van der Waals surface area contributed by atoms with Crippen LogP contribution in [0.3, 0.4) is 0 Å². The average Bonchev–Trinajstić information content (AvgIpc) is 2.95. The molecule has 0 aliphatic carbocycles. The summed E-state index contributed by atoms with van der Waals surface area (Å²) in [5.41, 5.74) is 0.586. The van der Waals surface area contributed by atoms with Gasteiger partial charge in [-0.1, -0.05) is 17.7 Å². The van der Waals surface area contributed by atoms with Gasteiger partial charge >= 0.3 is 0 Å². The molecule has 0 aliphatic heterocycles. The lowest BCUT2D eigenvalue weighted by Crippen LogP contribution is -2.39. The molecule has 1 aromatic carbocycles. The maximum atomic E-state index is 11.9. The third-order valence-electron chi connectivity index (χ3n) is 2.84. The molecule has 0 atom stereocenters. The van der Waals surface area contributed by atoms with E-state index in [1.165, 1.54) is 18.1 Å². The summed E-state index contributed by atoms with van der Waals surface area (Å²) in [7, 11) is 0. The van der Waals surface area contributed by atoms with E-state index in [-0.39, 0.29) is 24.9 Å². The second kappa shape index (κ2) is 6.95. The van der Waals surface area contributed by atoms with Gasteiger partial charge in [-0.3, -0.25) is 9.59 Å². The topological polar surface area (TPSA) is 62.6 Å². The van der Waals surface area contributed by atoms with Crippen LogP contribution in [0.2, 0.25) is 5.02 Å². The molecule has 0 bridgehead atoms. The van der Waals surface area contributed by atoms with Crippen molar-refractivity contribution in [2.45, 2.75) is 13.5 Å². The van der Waals surface area contributed by atoms with Crippen molar-refractivity contribution in [3.63, 3.8) is 0 Å². The number of rotatable bonds is 5. The lowest BCUT2D eigenvalue weighted by molar-refractivity contribution is -0.123. The molecule has 2 aromatic rings. The Kier molecular flexibility index (Phi) is 5.00. The van der Waals surface area contributed by atoms with E-state index in [4.69, 9.17) is 16.0 Å². The summed E-state index contributed by atoms with van der Waals surface area (Å²) in [6, 6.07) is 10.3. The summed E-state index contributed by atoms with van der Waals surface area (Å²) >= 11 is 5.91. The van der Waals surface area contributed by atoms with Gasteiger partial charge in [-0.2, -0.15) is 0 Å². The molecule has 0 saturated heterocycles. The first-order valence-electron chi connectivity index (χ1n) is 6.39. The summed E-state index contributed by atoms with van der Waals surface area (Å²) in [5.74, 6) is 0.146. The molecule has 110 valence electrons. The molecule has 0 radical (unpaired) electrons. The normalized spacial score (nSPS) is 10.2. The van der Waals surface area contributed by atoms with E-state index >= 15 is 0 Å². The number of carbonyl (C=O) groups excluding carboxylic acids is 2. The minimum absolute atomic E-state index is 0.0730. The van der Waals surface area contributed by atoms with Crippen LogP contribution >= 0.6 is 11.6 Å². The fourth-order valence-corrected chi connectivity index (χ4v) is 2.01. The molecular formula is C15H15ClN2O3. The molecule has 0 unspecified atom stereocenters. The number of furan rings is 1. The number of nitrogens with zero attached hydrogens (tertiary/aromatic N) is 1. The highest BCUT2D eigenvalue weighted by atomic mass is 35.5. The molecule has 0 fully saturated rings. The number of hydrogen-bond donors (Lipinski definition) is 1. The lowest BCUT2D eigenvalue weighted by atomic mass is 10.2. The number of halogens is 1. The zero-order valence-corrected chi connectivity index (χ0v) is 12.3.